The normalized spacial score (nSPS) is 11.6. The fourth-order valence-electron chi connectivity index (χ4n) is 1.58. The van der Waals surface area contributed by atoms with Crippen molar-refractivity contribution >= 4 is 16.0 Å². The van der Waals surface area contributed by atoms with Gasteiger partial charge in [0.1, 0.15) is 0 Å². The van der Waals surface area contributed by atoms with Crippen LogP contribution in [0.4, 0.5) is 5.69 Å². The van der Waals surface area contributed by atoms with Crippen LogP contribution in [-0.2, 0) is 10.3 Å². The van der Waals surface area contributed by atoms with E-state index in [1.807, 2.05) is 30.3 Å². The van der Waals surface area contributed by atoms with Gasteiger partial charge in [-0.15, -0.1) is 0 Å². The van der Waals surface area contributed by atoms with Crippen LogP contribution in [0.3, 0.4) is 0 Å². The molecule has 0 fully saturated rings. The van der Waals surface area contributed by atoms with Crippen LogP contribution in [0.1, 0.15) is 27.7 Å². The van der Waals surface area contributed by atoms with E-state index < -0.39 is 10.3 Å². The minimum atomic E-state index is -4.03. The second-order valence-corrected chi connectivity index (χ2v) is 5.72. The standard InChI is InChI=1S/C6H15NO3S.C6H7N/c1-5(2)7(6(3)4)11(8,9)10;7-6-4-2-1-3-5-6/h5-6H,1-4H3,(H,8,9,10);1-5H,7H2. The first-order valence-corrected chi connectivity index (χ1v) is 7.12. The van der Waals surface area contributed by atoms with Gasteiger partial charge in [-0.3, -0.25) is 4.55 Å². The lowest BCUT2D eigenvalue weighted by Gasteiger charge is -2.25. The molecule has 0 atom stereocenters. The summed E-state index contributed by atoms with van der Waals surface area (Å²) in [6.07, 6.45) is 0. The Labute approximate surface area is 109 Å². The van der Waals surface area contributed by atoms with Crippen LogP contribution >= 0.6 is 0 Å². The molecule has 18 heavy (non-hydrogen) atoms. The molecule has 0 spiro atoms. The lowest BCUT2D eigenvalue weighted by atomic mass is 10.3. The Morgan fingerprint density at radius 3 is 1.56 bits per heavy atom. The van der Waals surface area contributed by atoms with Gasteiger partial charge in [0.05, 0.1) is 0 Å². The molecule has 0 radical (unpaired) electrons. The van der Waals surface area contributed by atoms with Crippen LogP contribution in [0.5, 0.6) is 0 Å². The molecule has 0 aliphatic carbocycles. The molecular weight excluding hydrogens is 252 g/mol. The van der Waals surface area contributed by atoms with Crippen molar-refractivity contribution in [2.75, 3.05) is 5.73 Å². The highest BCUT2D eigenvalue weighted by atomic mass is 32.2. The maximum atomic E-state index is 10.7. The van der Waals surface area contributed by atoms with Crippen LogP contribution in [0.25, 0.3) is 0 Å². The number of nitrogens with two attached hydrogens (primary N) is 1. The fraction of sp³-hybridized carbons (Fsp3) is 0.500. The van der Waals surface area contributed by atoms with Crippen molar-refractivity contribution in [1.29, 1.82) is 0 Å². The number of para-hydroxylation sites is 1. The molecule has 1 aromatic rings. The predicted molar refractivity (Wildman–Crippen MR) is 74.5 cm³/mol. The third kappa shape index (κ3) is 6.58. The molecular formula is C12H22N2O3S. The first-order valence-electron chi connectivity index (χ1n) is 5.72. The van der Waals surface area contributed by atoms with Gasteiger partial charge in [-0.2, -0.15) is 12.7 Å². The monoisotopic (exact) mass is 274 g/mol. The predicted octanol–water partition coefficient (Wildman–Crippen LogP) is 2.18. The van der Waals surface area contributed by atoms with Crippen molar-refractivity contribution < 1.29 is 13.0 Å². The summed E-state index contributed by atoms with van der Waals surface area (Å²) in [7, 11) is -4.03. The number of nitrogen functional groups attached to an aromatic ring is 1. The number of hydrogen-bond acceptors (Lipinski definition) is 3. The Balaban J connectivity index is 0.000000351. The van der Waals surface area contributed by atoms with E-state index in [0.717, 1.165) is 9.99 Å². The van der Waals surface area contributed by atoms with Gasteiger partial charge in [0, 0.05) is 17.8 Å². The minimum absolute atomic E-state index is 0.204. The smallest absolute Gasteiger partial charge is 0.336 e. The van der Waals surface area contributed by atoms with E-state index >= 15 is 0 Å². The largest absolute Gasteiger partial charge is 0.399 e. The van der Waals surface area contributed by atoms with Crippen molar-refractivity contribution in [1.82, 2.24) is 4.31 Å². The zero-order chi connectivity index (χ0) is 14.3. The molecule has 0 heterocycles. The van der Waals surface area contributed by atoms with E-state index in [-0.39, 0.29) is 12.1 Å². The average Bonchev–Trinajstić information content (AvgIpc) is 2.15. The van der Waals surface area contributed by atoms with E-state index in [2.05, 4.69) is 0 Å². The van der Waals surface area contributed by atoms with Gasteiger partial charge in [-0.1, -0.05) is 18.2 Å². The Hall–Kier alpha value is -1.11. The van der Waals surface area contributed by atoms with Gasteiger partial charge < -0.3 is 5.73 Å². The molecule has 0 saturated heterocycles. The number of hydrogen-bond donors (Lipinski definition) is 2. The van der Waals surface area contributed by atoms with E-state index in [1.54, 1.807) is 27.7 Å². The van der Waals surface area contributed by atoms with Crippen molar-refractivity contribution in [2.24, 2.45) is 0 Å². The highest BCUT2D eigenvalue weighted by Crippen LogP contribution is 2.09. The maximum absolute atomic E-state index is 10.7. The molecule has 5 nitrogen and oxygen atoms in total. The molecule has 3 N–H and O–H groups in total. The minimum Gasteiger partial charge on any atom is -0.399 e. The van der Waals surface area contributed by atoms with Gasteiger partial charge in [-0.05, 0) is 39.8 Å². The summed E-state index contributed by atoms with van der Waals surface area (Å²) in [5, 5.41) is 0. The van der Waals surface area contributed by atoms with Crippen molar-refractivity contribution in [3.8, 4) is 0 Å². The Morgan fingerprint density at radius 2 is 1.44 bits per heavy atom. The quantitative estimate of drug-likeness (QED) is 0.653. The van der Waals surface area contributed by atoms with E-state index in [1.165, 1.54) is 0 Å². The highest BCUT2D eigenvalue weighted by Gasteiger charge is 2.24. The lowest BCUT2D eigenvalue weighted by molar-refractivity contribution is 0.269. The third-order valence-corrected chi connectivity index (χ3v) is 3.46. The van der Waals surface area contributed by atoms with E-state index in [0.29, 0.717) is 0 Å². The molecule has 1 rings (SSSR count). The molecule has 104 valence electrons. The van der Waals surface area contributed by atoms with E-state index in [4.69, 9.17) is 10.3 Å². The summed E-state index contributed by atoms with van der Waals surface area (Å²) < 4.78 is 31.2. The van der Waals surface area contributed by atoms with Gasteiger partial charge in [-0.25, -0.2) is 0 Å². The summed E-state index contributed by atoms with van der Waals surface area (Å²) in [5.41, 5.74) is 6.18. The fourth-order valence-corrected chi connectivity index (χ4v) is 2.65. The van der Waals surface area contributed by atoms with Crippen molar-refractivity contribution in [3.63, 3.8) is 0 Å². The zero-order valence-electron chi connectivity index (χ0n) is 11.2. The van der Waals surface area contributed by atoms with Crippen LogP contribution in [0.2, 0.25) is 0 Å². The zero-order valence-corrected chi connectivity index (χ0v) is 12.1. The van der Waals surface area contributed by atoms with Crippen LogP contribution in [0, 0.1) is 0 Å². The molecule has 1 aromatic carbocycles. The van der Waals surface area contributed by atoms with Crippen molar-refractivity contribution in [2.45, 2.75) is 39.8 Å². The second kappa shape index (κ2) is 7.35. The first-order chi connectivity index (χ1) is 8.16. The van der Waals surface area contributed by atoms with Gasteiger partial charge >= 0.3 is 10.3 Å². The average molecular weight is 274 g/mol. The number of rotatable bonds is 3. The second-order valence-electron chi connectivity index (χ2n) is 4.41. The molecule has 6 heteroatoms. The number of nitrogens with zero attached hydrogens (tertiary/aromatic N) is 1. The van der Waals surface area contributed by atoms with Crippen LogP contribution in [-0.4, -0.2) is 29.4 Å². The van der Waals surface area contributed by atoms with Gasteiger partial charge in [0.2, 0.25) is 0 Å². The number of benzene rings is 1. The summed E-state index contributed by atoms with van der Waals surface area (Å²) >= 11 is 0. The Kier molecular flexibility index (Phi) is 6.90. The first kappa shape index (κ1) is 16.9. The molecule has 0 aromatic heterocycles. The van der Waals surface area contributed by atoms with E-state index in [9.17, 15) is 8.42 Å². The highest BCUT2D eigenvalue weighted by molar-refractivity contribution is 7.83. The summed E-state index contributed by atoms with van der Waals surface area (Å²) in [4.78, 5) is 0. The SMILES string of the molecule is CC(C)N(C(C)C)S(=O)(=O)O.Nc1ccccc1. The molecule has 0 aliphatic rings. The number of anilines is 1. The topological polar surface area (TPSA) is 83.6 Å². The summed E-state index contributed by atoms with van der Waals surface area (Å²) in [6, 6.07) is 9.08. The Bertz CT molecular complexity index is 422. The van der Waals surface area contributed by atoms with Gasteiger partial charge in [0.25, 0.3) is 0 Å². The molecule has 0 saturated carbocycles. The third-order valence-electron chi connectivity index (χ3n) is 2.08. The summed E-state index contributed by atoms with van der Waals surface area (Å²) in [5.74, 6) is 0. The van der Waals surface area contributed by atoms with Crippen LogP contribution < -0.4 is 5.73 Å². The molecule has 0 amide bonds. The molecule has 0 unspecified atom stereocenters. The Morgan fingerprint density at radius 1 is 1.06 bits per heavy atom. The maximum Gasteiger partial charge on any atom is 0.336 e. The van der Waals surface area contributed by atoms with Gasteiger partial charge in [0.15, 0.2) is 0 Å². The molecule has 0 aliphatic heterocycles. The van der Waals surface area contributed by atoms with Crippen molar-refractivity contribution in [3.05, 3.63) is 30.3 Å². The summed E-state index contributed by atoms with van der Waals surface area (Å²) in [6.45, 7) is 6.86. The van der Waals surface area contributed by atoms with Crippen LogP contribution in [0.15, 0.2) is 30.3 Å². The molecule has 0 bridgehead atoms. The lowest BCUT2D eigenvalue weighted by Crippen LogP contribution is -2.41.